The van der Waals surface area contributed by atoms with Gasteiger partial charge in [-0.15, -0.1) is 0 Å². The van der Waals surface area contributed by atoms with Crippen molar-refractivity contribution >= 4 is 5.78 Å². The monoisotopic (exact) mass is 503 g/mol. The van der Waals surface area contributed by atoms with Crippen LogP contribution in [0.3, 0.4) is 0 Å². The fourth-order valence-corrected chi connectivity index (χ4v) is 7.03. The number of aryl methyl sites for hydroxylation is 1. The summed E-state index contributed by atoms with van der Waals surface area (Å²) >= 11 is 0. The second-order valence-corrected chi connectivity index (χ2v) is 9.57. The topological polar surface area (TPSA) is 38.8 Å². The molecular formula is C23H151NO3. The van der Waals surface area contributed by atoms with Gasteiger partial charge in [0, 0.05) is 120 Å². The zero-order chi connectivity index (χ0) is 32.4. The number of Topliss-reactive ketones (excluding diaryl/α,β-unsaturated/α-hetero) is 1. The van der Waals surface area contributed by atoms with Crippen molar-refractivity contribution in [1.82, 2.24) is 4.90 Å². The number of carbonyl (C=O) groups is 1. The van der Waals surface area contributed by atoms with Crippen LogP contribution in [-0.4, -0.2) is 42.5 Å². The van der Waals surface area contributed by atoms with Crippen LogP contribution in [0, 0.1) is 18.7 Å². The second kappa shape index (κ2) is 5.08. The van der Waals surface area contributed by atoms with Crippen LogP contribution in [0.5, 0.6) is 11.5 Å². The second-order valence-electron chi connectivity index (χ2n) is 9.57. The van der Waals surface area contributed by atoms with Crippen LogP contribution in [0.15, 0.2) is 6.07 Å². The summed E-state index contributed by atoms with van der Waals surface area (Å²) in [6, 6.07) is 2.51. The van der Waals surface area contributed by atoms with Crippen molar-refractivity contribution in [3.8, 4) is 11.5 Å². The minimum atomic E-state index is -0.892. The van der Waals surface area contributed by atoms with Crippen LogP contribution in [0.4, 0.5) is 0 Å². The molecule has 2 unspecified atom stereocenters. The number of benzene rings is 1. The molecule has 4 heteroatoms. The zero-order valence-electron chi connectivity index (χ0n) is 30.5. The van der Waals surface area contributed by atoms with Gasteiger partial charge in [-0.05, 0) is 63.1 Å². The van der Waals surface area contributed by atoms with E-state index in [1.807, 2.05) is 13.8 Å². The first-order valence-electron chi connectivity index (χ1n) is 16.7. The highest BCUT2D eigenvalue weighted by Crippen LogP contribution is 2.69. The average molecular weight is 504 g/mol. The number of carbonyl (C=O) groups excluding carboxylic acids is 1. The molecule has 6 atom stereocenters. The Bertz CT molecular complexity index is 983. The molecule has 1 aromatic rings. The Morgan fingerprint density at radius 3 is 2.85 bits per heavy atom. The quantitative estimate of drug-likeness (QED) is 0.382. The van der Waals surface area contributed by atoms with E-state index in [9.17, 15) is 6.17 Å². The summed E-state index contributed by atoms with van der Waals surface area (Å²) in [4.78, 5) is 15.6. The van der Waals surface area contributed by atoms with Gasteiger partial charge in [0.2, 0.25) is 0 Å². The molecule has 0 radical (unpaired) electrons. The number of hydrogen-bond donors (Lipinski definition) is 0. The van der Waals surface area contributed by atoms with E-state index in [1.54, 1.807) is 7.11 Å². The number of methoxy groups -OCH3 is 1. The summed E-state index contributed by atoms with van der Waals surface area (Å²) in [6.07, 6.45) is 0.786. The van der Waals surface area contributed by atoms with Crippen molar-refractivity contribution in [1.29, 1.82) is 0 Å². The van der Waals surface area contributed by atoms with Crippen LogP contribution >= 0.6 is 0 Å². The summed E-state index contributed by atoms with van der Waals surface area (Å²) in [6.45, 7) is 10.7. The van der Waals surface area contributed by atoms with E-state index in [0.29, 0.717) is 18.4 Å². The molecule has 4 nitrogen and oxygen atoms in total. The maximum atomic E-state index is 13.2. The molecule has 1 saturated carbocycles. The maximum Gasteiger partial charge on any atom is 0.174 e. The number of likely N-dealkylation sites (N-methyl/N-ethyl adjacent to an activating group) is 1. The summed E-state index contributed by atoms with van der Waals surface area (Å²) in [5.41, 5.74) is 2.35. The lowest BCUT2D eigenvalue weighted by molar-refractivity contribution is -0.161. The maximum absolute atomic E-state index is 13.2. The fourth-order valence-electron chi connectivity index (χ4n) is 7.03. The first-order valence-corrected chi connectivity index (χ1v) is 10.2. The SMILES string of the molecule is [2H]C1(C)C(C)(C)N(C)[C@@H]2C(C)c3cc(C)c(OC)c4c3[C@]13[C@@H](O4)C(=O)CC[C@@H]23.[2H][2H].[2H][2H].[2H][2H].[2H][2H].[2H][2H].[2H][2H].[HH].[HH].[HH].[HH].[HH].[HH].[HH].[HH].[HH].[HH].[HH].[HH].[HH].[HH].[HH].[HH].[HH].[HH].[HH].[HH].[HH].[HH].[HH].[HH].[HH].[HH].[HH].[HH].[HH].[HH].[HH].[HH].[HH].[HH].[HH].[HH].[HH].[HH].[HH].[HH].[HH].[HH].[HH].[HH].[HH].[HH].[HH].[HH].[HH].[HH].[HH].[HH].[HH].[HH]. The number of rotatable bonds is 1. The van der Waals surface area contributed by atoms with Crippen LogP contribution in [-0.2, 0) is 10.2 Å². The van der Waals surface area contributed by atoms with Crippen LogP contribution < -0.4 is 9.47 Å². The van der Waals surface area contributed by atoms with E-state index in [0.717, 1.165) is 29.0 Å². The van der Waals surface area contributed by atoms with E-state index in [4.69, 9.17) is 27.3 Å². The average Bonchev–Trinajstić information content (AvgIpc) is 3.37. The third-order valence-corrected chi connectivity index (χ3v) is 8.58. The number of hydrogen-bond acceptors (Lipinski definition) is 4. The summed E-state index contributed by atoms with van der Waals surface area (Å²) in [7, 11) is 3.84. The molecule has 1 spiro atoms. The van der Waals surface area contributed by atoms with Crippen LogP contribution in [0.1, 0.15) is 159 Å². The van der Waals surface area contributed by atoms with Crippen LogP contribution in [0.25, 0.3) is 0 Å². The van der Waals surface area contributed by atoms with E-state index in [2.05, 4.69) is 38.8 Å². The number of ether oxygens (including phenoxy) is 2. The molecule has 27 heavy (non-hydrogen) atoms. The minimum absolute atomic E-state index is 0. The summed E-state index contributed by atoms with van der Waals surface area (Å²) < 4.78 is 82.0. The van der Waals surface area contributed by atoms with Gasteiger partial charge < -0.3 is 9.47 Å². The molecule has 1 aromatic carbocycles. The molecule has 1 saturated heterocycles. The van der Waals surface area contributed by atoms with Crippen molar-refractivity contribution in [2.45, 2.75) is 76.5 Å². The largest absolute Gasteiger partial charge is 0.493 e. The lowest BCUT2D eigenvalue weighted by atomic mass is 9.43. The summed E-state index contributed by atoms with van der Waals surface area (Å²) in [5, 5.41) is 0. The Morgan fingerprint density at radius 1 is 1.48 bits per heavy atom. The van der Waals surface area contributed by atoms with E-state index >= 15 is 0 Å². The Hall–Kier alpha value is -1.55. The van der Waals surface area contributed by atoms with E-state index in [-0.39, 0.29) is 88.7 Å². The predicted molar refractivity (Wildman–Crippen MR) is 232 cm³/mol. The minimum Gasteiger partial charge on any atom is -0.493 e. The highest BCUT2D eigenvalue weighted by atomic mass is 16.5. The predicted octanol–water partition coefficient (Wildman–Crippen LogP) is 18.6. The van der Waals surface area contributed by atoms with Crippen molar-refractivity contribution < 1.29 is 110 Å². The molecule has 2 heterocycles. The molecule has 266 valence electrons. The van der Waals surface area contributed by atoms with Gasteiger partial charge >= 0.3 is 0 Å². The molecule has 5 rings (SSSR count). The smallest absolute Gasteiger partial charge is 0.174 e. The Labute approximate surface area is 262 Å². The highest BCUT2D eigenvalue weighted by Gasteiger charge is 2.72. The zero-order valence-corrected chi connectivity index (χ0v) is 17.5. The van der Waals surface area contributed by atoms with Gasteiger partial charge in [0.25, 0.3) is 0 Å². The van der Waals surface area contributed by atoms with Crippen molar-refractivity contribution in [2.24, 2.45) is 11.8 Å². The molecule has 0 aromatic heterocycles. The number of likely N-dealkylation sites (tertiary alicyclic amines) is 1. The number of piperidine rings is 1. The molecule has 0 amide bonds. The normalized spacial score (nSPS) is 46.2. The number of nitrogens with zero attached hydrogens (tertiary/aromatic N) is 1. The lowest BCUT2D eigenvalue weighted by Crippen LogP contribution is -2.75. The van der Waals surface area contributed by atoms with Crippen molar-refractivity contribution in [3.05, 3.63) is 22.8 Å². The van der Waals surface area contributed by atoms with Gasteiger partial charge in [0.1, 0.15) is 0 Å². The van der Waals surface area contributed by atoms with E-state index < -0.39 is 23.0 Å². The Kier molecular flexibility index (Phi) is 2.15. The lowest BCUT2D eigenvalue weighted by Gasteiger charge is -2.67. The van der Waals surface area contributed by atoms with Crippen LogP contribution in [0.2, 0.25) is 0 Å². The number of ketones is 1. The highest BCUT2D eigenvalue weighted by molar-refractivity contribution is 5.89. The van der Waals surface area contributed by atoms with Crippen molar-refractivity contribution in [3.63, 3.8) is 0 Å². The first kappa shape index (κ1) is 11.5. The van der Waals surface area contributed by atoms with Gasteiger partial charge in [0.05, 0.1) is 12.5 Å². The molecule has 2 aliphatic carbocycles. The third-order valence-electron chi connectivity index (χ3n) is 8.58. The molecule has 0 N–H and O–H groups in total. The standard InChI is InChI=1S/C23H31NO3.60H2/c1-11-10-14-12(2)18-15-8-9-16(25)21-23(15,13(3)22(4,5)24(18)6)17(14)20(27-21)19(11)26-7;;;;;;;;;;;;;;;;;;;;;;;;;;;;;;;;;;;;;;;;;;;;;;;;;;;;;;;;;;;;/h10,12-13,15,18,21H,8-9H2,1-7H3;60*1H/t12?,13?,15-,18+,21-,23-;;;;;;;;;;;;;;;;;;;;;;;;;;;;;;;;;;;;;;;;;;;;;;;;;;;;;;;;;;;;/m0............................................................/s1/i13D;6*1+1D;;;;;;;;;;;;;;;;;;;;;;;;;;;;;;;;;;;;;;;;;;;;;;;;;;;;;;. The van der Waals surface area contributed by atoms with E-state index in [1.165, 1.54) is 5.56 Å². The first-order chi connectivity index (χ1) is 19.0. The molecule has 4 aliphatic rings. The van der Waals surface area contributed by atoms with Crippen molar-refractivity contribution in [2.75, 3.05) is 14.2 Å². The Balaban J connectivity index is -0.00000000387. The summed E-state index contributed by atoms with van der Waals surface area (Å²) in [5.74, 6) is 1.25. The Morgan fingerprint density at radius 2 is 2.19 bits per heavy atom. The van der Waals surface area contributed by atoms with Gasteiger partial charge in [-0.2, -0.15) is 0 Å². The third kappa shape index (κ3) is 1.69. The van der Waals surface area contributed by atoms with Gasteiger partial charge in [-0.3, -0.25) is 9.69 Å². The van der Waals surface area contributed by atoms with Gasteiger partial charge in [-0.1, -0.05) is 19.9 Å². The molecule has 2 aliphatic heterocycles. The molecule has 2 bridgehead atoms. The van der Waals surface area contributed by atoms with Gasteiger partial charge in [0.15, 0.2) is 23.4 Å². The van der Waals surface area contributed by atoms with Gasteiger partial charge in [-0.25, -0.2) is 0 Å². The molecular weight excluding hydrogens is 338 g/mol. The fraction of sp³-hybridized carbons (Fsp3) is 0.696. The molecule has 2 fully saturated rings.